The van der Waals surface area contributed by atoms with E-state index in [4.69, 9.17) is 5.73 Å². The minimum atomic E-state index is -0.611. The fourth-order valence-electron chi connectivity index (χ4n) is 2.71. The van der Waals surface area contributed by atoms with Gasteiger partial charge in [-0.15, -0.1) is 11.3 Å². The van der Waals surface area contributed by atoms with Crippen LogP contribution in [0.1, 0.15) is 30.7 Å². The number of nitrogens with zero attached hydrogens (tertiary/aromatic N) is 4. The monoisotopic (exact) mass is 352 g/mol. The first-order valence-corrected chi connectivity index (χ1v) is 9.14. The number of piperazine rings is 1. The van der Waals surface area contributed by atoms with E-state index in [2.05, 4.69) is 32.0 Å². The highest BCUT2D eigenvalue weighted by Crippen LogP contribution is 2.17. The third kappa shape index (κ3) is 4.24. The van der Waals surface area contributed by atoms with Crippen LogP contribution < -0.4 is 11.1 Å². The molecular weight excluding hydrogens is 324 g/mol. The van der Waals surface area contributed by atoms with Gasteiger partial charge < -0.3 is 16.0 Å². The van der Waals surface area contributed by atoms with Gasteiger partial charge in [-0.25, -0.2) is 4.98 Å². The summed E-state index contributed by atoms with van der Waals surface area (Å²) in [6.07, 6.45) is 2.96. The van der Waals surface area contributed by atoms with E-state index >= 15 is 0 Å². The van der Waals surface area contributed by atoms with Crippen molar-refractivity contribution >= 4 is 23.2 Å². The number of rotatable bonds is 5. The van der Waals surface area contributed by atoms with E-state index in [1.807, 2.05) is 20.0 Å². The van der Waals surface area contributed by atoms with Gasteiger partial charge in [0.25, 0.3) is 0 Å². The summed E-state index contributed by atoms with van der Waals surface area (Å²) in [7, 11) is 1.79. The molecule has 3 N–H and O–H groups in total. The molecule has 0 aromatic carbocycles. The van der Waals surface area contributed by atoms with Crippen molar-refractivity contribution in [1.29, 1.82) is 0 Å². The Kier molecular flexibility index (Phi) is 6.17. The zero-order chi connectivity index (χ0) is 17.7. The maximum atomic E-state index is 11.6. The fraction of sp³-hybridized carbons (Fsp3) is 0.688. The maximum Gasteiger partial charge on any atom is 0.237 e. The third-order valence-corrected chi connectivity index (χ3v) is 5.67. The quantitative estimate of drug-likeness (QED) is 0.601. The number of carbonyl (C=O) groups is 1. The molecular formula is C16H28N6OS. The minimum Gasteiger partial charge on any atom is -0.368 e. The molecule has 1 aliphatic rings. The van der Waals surface area contributed by atoms with Crippen LogP contribution in [0.2, 0.25) is 0 Å². The molecule has 0 atom stereocenters. The molecule has 1 aliphatic heterocycles. The van der Waals surface area contributed by atoms with E-state index in [9.17, 15) is 4.79 Å². The second-order valence-electron chi connectivity index (χ2n) is 6.37. The summed E-state index contributed by atoms with van der Waals surface area (Å²) < 4.78 is 0. The van der Waals surface area contributed by atoms with Crippen LogP contribution in [0.25, 0.3) is 0 Å². The van der Waals surface area contributed by atoms with Gasteiger partial charge in [0, 0.05) is 44.3 Å². The molecule has 1 aromatic heterocycles. The summed E-state index contributed by atoms with van der Waals surface area (Å²) in [5.41, 5.74) is 4.90. The Morgan fingerprint density at radius 1 is 1.42 bits per heavy atom. The zero-order valence-corrected chi connectivity index (χ0v) is 15.8. The Labute approximate surface area is 147 Å². The van der Waals surface area contributed by atoms with Crippen molar-refractivity contribution in [3.8, 4) is 0 Å². The number of primary amides is 1. The van der Waals surface area contributed by atoms with Crippen LogP contribution in [-0.4, -0.2) is 65.4 Å². The summed E-state index contributed by atoms with van der Waals surface area (Å²) in [5, 5.41) is 4.45. The summed E-state index contributed by atoms with van der Waals surface area (Å²) in [5.74, 6) is 0.591. The predicted octanol–water partition coefficient (Wildman–Crippen LogP) is 0.662. The molecule has 2 heterocycles. The Bertz CT molecular complexity index is 589. The van der Waals surface area contributed by atoms with Crippen LogP contribution in [0.4, 0.5) is 0 Å². The number of nitrogens with one attached hydrogen (secondary N) is 1. The number of hydrogen-bond donors (Lipinski definition) is 2. The largest absolute Gasteiger partial charge is 0.368 e. The lowest BCUT2D eigenvalue weighted by molar-refractivity contribution is -0.129. The van der Waals surface area contributed by atoms with Gasteiger partial charge in [-0.3, -0.25) is 14.7 Å². The highest BCUT2D eigenvalue weighted by Gasteiger charge is 2.35. The number of guanidine groups is 1. The molecule has 0 unspecified atom stereocenters. The number of nitrogens with two attached hydrogens (primary N) is 1. The van der Waals surface area contributed by atoms with Crippen LogP contribution >= 0.6 is 11.3 Å². The Hall–Kier alpha value is -1.67. The first kappa shape index (κ1) is 18.7. The predicted molar refractivity (Wildman–Crippen MR) is 98.1 cm³/mol. The smallest absolute Gasteiger partial charge is 0.237 e. The van der Waals surface area contributed by atoms with E-state index in [0.29, 0.717) is 6.54 Å². The van der Waals surface area contributed by atoms with Crippen molar-refractivity contribution in [1.82, 2.24) is 20.1 Å². The van der Waals surface area contributed by atoms with Gasteiger partial charge in [0.1, 0.15) is 5.01 Å². The van der Waals surface area contributed by atoms with Gasteiger partial charge in [0.05, 0.1) is 12.1 Å². The van der Waals surface area contributed by atoms with Crippen molar-refractivity contribution in [3.05, 3.63) is 16.1 Å². The first-order valence-electron chi connectivity index (χ1n) is 8.32. The van der Waals surface area contributed by atoms with Crippen LogP contribution in [0.5, 0.6) is 0 Å². The van der Waals surface area contributed by atoms with Crippen molar-refractivity contribution in [3.63, 3.8) is 0 Å². The van der Waals surface area contributed by atoms with Crippen LogP contribution in [-0.2, 0) is 17.8 Å². The number of carbonyl (C=O) groups excluding carboxylic acids is 1. The highest BCUT2D eigenvalue weighted by atomic mass is 32.1. The van der Waals surface area contributed by atoms with Gasteiger partial charge in [-0.2, -0.15) is 0 Å². The molecule has 0 aliphatic carbocycles. The van der Waals surface area contributed by atoms with Crippen molar-refractivity contribution < 1.29 is 4.79 Å². The maximum absolute atomic E-state index is 11.6. The molecule has 2 rings (SSSR count). The minimum absolute atomic E-state index is 0.283. The molecule has 0 radical (unpaired) electrons. The molecule has 1 aromatic rings. The molecule has 1 saturated heterocycles. The number of aromatic nitrogens is 1. The molecule has 1 fully saturated rings. The molecule has 0 spiro atoms. The fourth-order valence-corrected chi connectivity index (χ4v) is 3.52. The van der Waals surface area contributed by atoms with Gasteiger partial charge in [0.15, 0.2) is 5.96 Å². The molecule has 1 amide bonds. The van der Waals surface area contributed by atoms with Crippen molar-refractivity contribution in [2.45, 2.75) is 39.3 Å². The summed E-state index contributed by atoms with van der Waals surface area (Å²) in [6.45, 7) is 9.78. The standard InChI is InChI=1S/C16H28N6OS/c1-5-12-10-19-13(24-12)11-20-15(18-4)21-6-8-22(9-7-21)16(2,3)14(17)23/h10H,5-9,11H2,1-4H3,(H2,17,23)(H,18,20). The average Bonchev–Trinajstić information content (AvgIpc) is 3.04. The Morgan fingerprint density at radius 3 is 2.58 bits per heavy atom. The normalized spacial score (nSPS) is 17.2. The number of hydrogen-bond acceptors (Lipinski definition) is 5. The molecule has 7 nitrogen and oxygen atoms in total. The van der Waals surface area contributed by atoms with E-state index in [1.54, 1.807) is 18.4 Å². The van der Waals surface area contributed by atoms with Crippen LogP contribution in [0.3, 0.4) is 0 Å². The van der Waals surface area contributed by atoms with E-state index in [-0.39, 0.29) is 5.91 Å². The van der Waals surface area contributed by atoms with Crippen molar-refractivity contribution in [2.75, 3.05) is 33.2 Å². The number of aryl methyl sites for hydroxylation is 1. The molecule has 0 saturated carbocycles. The van der Waals surface area contributed by atoms with E-state index in [0.717, 1.165) is 43.6 Å². The van der Waals surface area contributed by atoms with E-state index in [1.165, 1.54) is 4.88 Å². The first-order chi connectivity index (χ1) is 11.4. The van der Waals surface area contributed by atoms with Gasteiger partial charge >= 0.3 is 0 Å². The molecule has 134 valence electrons. The number of aliphatic imine (C=N–C) groups is 1. The van der Waals surface area contributed by atoms with Gasteiger partial charge in [0.2, 0.25) is 5.91 Å². The lowest BCUT2D eigenvalue weighted by atomic mass is 10.0. The third-order valence-electron chi connectivity index (χ3n) is 4.53. The lowest BCUT2D eigenvalue weighted by Gasteiger charge is -2.43. The second-order valence-corrected chi connectivity index (χ2v) is 7.57. The average molecular weight is 353 g/mol. The van der Waals surface area contributed by atoms with Gasteiger partial charge in [-0.05, 0) is 20.3 Å². The Balaban J connectivity index is 1.88. The number of thiazole rings is 1. The topological polar surface area (TPSA) is 86.8 Å². The number of amides is 1. The Morgan fingerprint density at radius 2 is 2.08 bits per heavy atom. The van der Waals surface area contributed by atoms with E-state index < -0.39 is 5.54 Å². The molecule has 8 heteroatoms. The molecule has 0 bridgehead atoms. The zero-order valence-electron chi connectivity index (χ0n) is 15.0. The second kappa shape index (κ2) is 7.94. The lowest BCUT2D eigenvalue weighted by Crippen LogP contribution is -2.61. The highest BCUT2D eigenvalue weighted by molar-refractivity contribution is 7.11. The summed E-state index contributed by atoms with van der Waals surface area (Å²) in [4.78, 5) is 26.0. The van der Waals surface area contributed by atoms with Crippen molar-refractivity contribution in [2.24, 2.45) is 10.7 Å². The summed E-state index contributed by atoms with van der Waals surface area (Å²) >= 11 is 1.73. The van der Waals surface area contributed by atoms with Gasteiger partial charge in [-0.1, -0.05) is 6.92 Å². The van der Waals surface area contributed by atoms with Crippen LogP contribution in [0.15, 0.2) is 11.2 Å². The SMILES string of the molecule is CCc1cnc(CNC(=NC)N2CCN(C(C)(C)C(N)=O)CC2)s1. The summed E-state index contributed by atoms with van der Waals surface area (Å²) in [6, 6.07) is 0. The molecule has 24 heavy (non-hydrogen) atoms. The van der Waals surface area contributed by atoms with Crippen LogP contribution in [0, 0.1) is 0 Å².